The van der Waals surface area contributed by atoms with Crippen LogP contribution in [0.25, 0.3) is 11.0 Å². The number of anilines is 1. The SMILES string of the molecule is COC(=O)Nc1nc2ccc(OS(=O)(=O)c3ccc(F)cc3)cc2[nH]1.[NaH]. The Kier molecular flexibility index (Phi) is 6.24. The van der Waals surface area contributed by atoms with E-state index in [9.17, 15) is 17.6 Å². The van der Waals surface area contributed by atoms with Crippen LogP contribution in [0.1, 0.15) is 0 Å². The Morgan fingerprint density at radius 3 is 2.54 bits per heavy atom. The van der Waals surface area contributed by atoms with Crippen molar-refractivity contribution in [1.82, 2.24) is 9.97 Å². The first-order valence-corrected chi connectivity index (χ1v) is 8.33. The fourth-order valence-electron chi connectivity index (χ4n) is 2.02. The summed E-state index contributed by atoms with van der Waals surface area (Å²) in [4.78, 5) is 17.9. The van der Waals surface area contributed by atoms with E-state index < -0.39 is 22.0 Å². The number of methoxy groups -OCH3 is 1. The third kappa shape index (κ3) is 4.52. The van der Waals surface area contributed by atoms with Gasteiger partial charge < -0.3 is 13.9 Å². The second-order valence-corrected chi connectivity index (χ2v) is 6.42. The number of rotatable bonds is 4. The van der Waals surface area contributed by atoms with Crippen molar-refractivity contribution in [2.75, 3.05) is 12.4 Å². The van der Waals surface area contributed by atoms with Crippen molar-refractivity contribution in [3.63, 3.8) is 0 Å². The molecular weight excluding hydrogens is 376 g/mol. The van der Waals surface area contributed by atoms with Gasteiger partial charge in [-0.1, -0.05) is 0 Å². The molecule has 132 valence electrons. The van der Waals surface area contributed by atoms with Crippen molar-refractivity contribution in [3.8, 4) is 5.75 Å². The van der Waals surface area contributed by atoms with Gasteiger partial charge in [-0.25, -0.2) is 14.2 Å². The molecule has 0 unspecified atom stereocenters. The molecule has 1 heterocycles. The number of nitrogens with zero attached hydrogens (tertiary/aromatic N) is 1. The fourth-order valence-corrected chi connectivity index (χ4v) is 2.95. The Morgan fingerprint density at radius 1 is 1.19 bits per heavy atom. The van der Waals surface area contributed by atoms with Crippen molar-refractivity contribution < 1.29 is 26.5 Å². The second-order valence-electron chi connectivity index (χ2n) is 4.87. The van der Waals surface area contributed by atoms with Crippen LogP contribution in [-0.2, 0) is 14.9 Å². The average Bonchev–Trinajstić information content (AvgIpc) is 2.96. The van der Waals surface area contributed by atoms with Crippen molar-refractivity contribution in [3.05, 3.63) is 48.3 Å². The van der Waals surface area contributed by atoms with Gasteiger partial charge in [0.05, 0.1) is 18.1 Å². The summed E-state index contributed by atoms with van der Waals surface area (Å²) in [7, 11) is -2.89. The maximum absolute atomic E-state index is 12.9. The molecule has 2 N–H and O–H groups in total. The summed E-state index contributed by atoms with van der Waals surface area (Å²) in [6.07, 6.45) is -0.700. The van der Waals surface area contributed by atoms with Crippen LogP contribution in [0.15, 0.2) is 47.4 Å². The Labute approximate surface area is 170 Å². The summed E-state index contributed by atoms with van der Waals surface area (Å²) >= 11 is 0. The summed E-state index contributed by atoms with van der Waals surface area (Å²) < 4.78 is 46.8. The number of aromatic nitrogens is 2. The van der Waals surface area contributed by atoms with E-state index in [4.69, 9.17) is 4.18 Å². The molecule has 8 nitrogen and oxygen atoms in total. The van der Waals surface area contributed by atoms with E-state index in [1.54, 1.807) is 0 Å². The molecule has 3 aromatic rings. The number of hydrogen-bond donors (Lipinski definition) is 2. The van der Waals surface area contributed by atoms with Gasteiger partial charge in [0.1, 0.15) is 16.5 Å². The summed E-state index contributed by atoms with van der Waals surface area (Å²) in [6.45, 7) is 0. The first-order valence-electron chi connectivity index (χ1n) is 6.92. The molecular formula is C15H13FN3NaO5S. The molecule has 2 aromatic carbocycles. The molecule has 0 radical (unpaired) electrons. The van der Waals surface area contributed by atoms with Crippen LogP contribution >= 0.6 is 0 Å². The molecule has 11 heteroatoms. The number of amides is 1. The number of ether oxygens (including phenoxy) is 1. The zero-order valence-corrected chi connectivity index (χ0v) is 13.6. The number of hydrogen-bond acceptors (Lipinski definition) is 6. The van der Waals surface area contributed by atoms with Crippen LogP contribution in [-0.4, -0.2) is 61.1 Å². The van der Waals surface area contributed by atoms with E-state index in [-0.39, 0.29) is 46.2 Å². The Morgan fingerprint density at radius 2 is 1.88 bits per heavy atom. The number of benzene rings is 2. The van der Waals surface area contributed by atoms with Crippen LogP contribution in [0.5, 0.6) is 5.75 Å². The topological polar surface area (TPSA) is 110 Å². The fraction of sp³-hybridized carbons (Fsp3) is 0.0667. The molecule has 0 spiro atoms. The van der Waals surface area contributed by atoms with Gasteiger partial charge in [0.25, 0.3) is 0 Å². The Hall–Kier alpha value is -2.14. The van der Waals surface area contributed by atoms with Gasteiger partial charge >= 0.3 is 45.8 Å². The monoisotopic (exact) mass is 389 g/mol. The molecule has 0 fully saturated rings. The van der Waals surface area contributed by atoms with Crippen molar-refractivity contribution in [1.29, 1.82) is 0 Å². The molecule has 0 aliphatic carbocycles. The third-order valence-corrected chi connectivity index (χ3v) is 4.43. The van der Waals surface area contributed by atoms with Gasteiger partial charge in [0.2, 0.25) is 5.95 Å². The summed E-state index contributed by atoms with van der Waals surface area (Å²) in [6, 6.07) is 8.61. The molecule has 1 aromatic heterocycles. The average molecular weight is 389 g/mol. The van der Waals surface area contributed by atoms with Crippen LogP contribution in [0.3, 0.4) is 0 Å². The van der Waals surface area contributed by atoms with E-state index in [2.05, 4.69) is 20.0 Å². The first-order chi connectivity index (χ1) is 11.9. The van der Waals surface area contributed by atoms with Gasteiger partial charge in [0.15, 0.2) is 0 Å². The minimum atomic E-state index is -4.11. The Bertz CT molecular complexity index is 1040. The number of aromatic amines is 1. The van der Waals surface area contributed by atoms with Crippen LogP contribution < -0.4 is 9.50 Å². The summed E-state index contributed by atoms with van der Waals surface area (Å²) in [5, 5.41) is 2.36. The van der Waals surface area contributed by atoms with E-state index in [0.717, 1.165) is 24.3 Å². The van der Waals surface area contributed by atoms with E-state index in [1.807, 2.05) is 0 Å². The molecule has 0 aliphatic heterocycles. The van der Waals surface area contributed by atoms with Gasteiger partial charge in [0, 0.05) is 6.07 Å². The molecule has 0 saturated carbocycles. The van der Waals surface area contributed by atoms with Gasteiger partial charge in [-0.2, -0.15) is 8.42 Å². The number of halogens is 1. The molecule has 0 atom stereocenters. The zero-order chi connectivity index (χ0) is 18.0. The van der Waals surface area contributed by atoms with Gasteiger partial charge in [-0.15, -0.1) is 0 Å². The Balaban J connectivity index is 0.00000243. The quantitative estimate of drug-likeness (QED) is 0.522. The molecule has 26 heavy (non-hydrogen) atoms. The normalized spacial score (nSPS) is 10.8. The van der Waals surface area contributed by atoms with E-state index in [0.29, 0.717) is 11.0 Å². The zero-order valence-electron chi connectivity index (χ0n) is 12.8. The molecule has 1 amide bonds. The van der Waals surface area contributed by atoms with Crippen LogP contribution in [0.4, 0.5) is 15.1 Å². The van der Waals surface area contributed by atoms with E-state index >= 15 is 0 Å². The summed E-state index contributed by atoms with van der Waals surface area (Å²) in [5.74, 6) is -0.381. The van der Waals surface area contributed by atoms with Gasteiger partial charge in [-0.05, 0) is 36.4 Å². The van der Waals surface area contributed by atoms with Crippen LogP contribution in [0, 0.1) is 5.82 Å². The van der Waals surface area contributed by atoms with Crippen molar-refractivity contribution in [2.24, 2.45) is 0 Å². The van der Waals surface area contributed by atoms with Crippen LogP contribution in [0.2, 0.25) is 0 Å². The summed E-state index contributed by atoms with van der Waals surface area (Å²) in [5.41, 5.74) is 0.927. The number of imidazole rings is 1. The predicted molar refractivity (Wildman–Crippen MR) is 93.5 cm³/mol. The van der Waals surface area contributed by atoms with E-state index in [1.165, 1.54) is 25.3 Å². The number of fused-ring (bicyclic) bond motifs is 1. The number of carbonyl (C=O) groups excluding carboxylic acids is 1. The maximum atomic E-state index is 12.9. The molecule has 0 bridgehead atoms. The second kappa shape index (κ2) is 8.04. The van der Waals surface area contributed by atoms with Crippen molar-refractivity contribution in [2.45, 2.75) is 4.90 Å². The number of carbonyl (C=O) groups is 1. The first kappa shape index (κ1) is 20.2. The molecule has 3 rings (SSSR count). The number of nitrogens with one attached hydrogen (secondary N) is 2. The standard InChI is InChI=1S/C15H12FN3O5S.Na.H/c1-23-15(20)19-14-17-12-7-4-10(8-13(12)18-14)24-25(21,22)11-5-2-9(16)3-6-11;;/h2-8H,1H3,(H2,17,18,19,20);;. The molecule has 0 aliphatic rings. The third-order valence-electron chi connectivity index (χ3n) is 3.17. The predicted octanol–water partition coefficient (Wildman–Crippen LogP) is 2.00. The van der Waals surface area contributed by atoms with Gasteiger partial charge in [-0.3, -0.25) is 5.32 Å². The minimum absolute atomic E-state index is 0. The molecule has 0 saturated heterocycles. The number of H-pyrrole nitrogens is 1. The van der Waals surface area contributed by atoms with Crippen molar-refractivity contribution >= 4 is 62.8 Å².